The van der Waals surface area contributed by atoms with Crippen molar-refractivity contribution < 1.29 is 0 Å². The summed E-state index contributed by atoms with van der Waals surface area (Å²) in [6, 6.07) is 11.5. The van der Waals surface area contributed by atoms with Crippen LogP contribution in [0.15, 0.2) is 48.8 Å². The first-order valence-corrected chi connectivity index (χ1v) is 6.86. The van der Waals surface area contributed by atoms with E-state index >= 15 is 0 Å². The van der Waals surface area contributed by atoms with Gasteiger partial charge in [-0.05, 0) is 29.8 Å². The monoisotopic (exact) mass is 287 g/mol. The average molecular weight is 288 g/mol. The van der Waals surface area contributed by atoms with Crippen molar-refractivity contribution >= 4 is 28.1 Å². The maximum atomic E-state index is 5.91. The molecule has 1 aromatic carbocycles. The van der Waals surface area contributed by atoms with E-state index in [9.17, 15) is 0 Å². The van der Waals surface area contributed by atoms with Crippen molar-refractivity contribution in [2.24, 2.45) is 0 Å². The average Bonchev–Trinajstić information content (AvgIpc) is 2.83. The molecule has 0 fully saturated rings. The highest BCUT2D eigenvalue weighted by Gasteiger charge is 2.13. The molecule has 2 aromatic heterocycles. The summed E-state index contributed by atoms with van der Waals surface area (Å²) in [5, 5.41) is 1.26. The van der Waals surface area contributed by atoms with Gasteiger partial charge in [0.05, 0.1) is 10.6 Å². The van der Waals surface area contributed by atoms with Crippen LogP contribution in [0, 0.1) is 0 Å². The molecule has 0 saturated carbocycles. The van der Waals surface area contributed by atoms with Gasteiger partial charge in [-0.1, -0.05) is 35.1 Å². The minimum absolute atomic E-state index is 0.545. The smallest absolute Gasteiger partial charge is 0.181 e. The fourth-order valence-electron chi connectivity index (χ4n) is 1.83. The summed E-state index contributed by atoms with van der Waals surface area (Å²) in [7, 11) is 0. The SMILES string of the molecule is Nc1nc(-c2cccnc2)c(-c2ccc(Cl)cc2)s1. The van der Waals surface area contributed by atoms with Gasteiger partial charge in [0, 0.05) is 23.0 Å². The molecular weight excluding hydrogens is 278 g/mol. The number of hydrogen-bond acceptors (Lipinski definition) is 4. The van der Waals surface area contributed by atoms with Gasteiger partial charge in [-0.2, -0.15) is 0 Å². The van der Waals surface area contributed by atoms with E-state index in [2.05, 4.69) is 9.97 Å². The number of thiazole rings is 1. The highest BCUT2D eigenvalue weighted by Crippen LogP contribution is 2.37. The van der Waals surface area contributed by atoms with Crippen molar-refractivity contribution in [1.82, 2.24) is 9.97 Å². The lowest BCUT2D eigenvalue weighted by Crippen LogP contribution is -1.85. The first kappa shape index (κ1) is 12.1. The summed E-state index contributed by atoms with van der Waals surface area (Å²) in [4.78, 5) is 9.55. The molecule has 0 amide bonds. The predicted molar refractivity (Wildman–Crippen MR) is 80.2 cm³/mol. The van der Waals surface area contributed by atoms with E-state index < -0.39 is 0 Å². The van der Waals surface area contributed by atoms with E-state index in [1.165, 1.54) is 11.3 Å². The lowest BCUT2D eigenvalue weighted by molar-refractivity contribution is 1.31. The van der Waals surface area contributed by atoms with Crippen LogP contribution in [0.5, 0.6) is 0 Å². The van der Waals surface area contributed by atoms with Gasteiger partial charge >= 0.3 is 0 Å². The number of aromatic nitrogens is 2. The molecule has 0 saturated heterocycles. The molecule has 0 aliphatic carbocycles. The number of halogens is 1. The molecule has 0 aliphatic rings. The standard InChI is InChI=1S/C14H10ClN3S/c15-11-5-3-9(4-6-11)13-12(18-14(16)19-13)10-2-1-7-17-8-10/h1-8H,(H2,16,18). The van der Waals surface area contributed by atoms with Gasteiger partial charge in [0.2, 0.25) is 0 Å². The van der Waals surface area contributed by atoms with Crippen molar-refractivity contribution in [3.8, 4) is 21.7 Å². The summed E-state index contributed by atoms with van der Waals surface area (Å²) in [5.41, 5.74) is 8.72. The van der Waals surface area contributed by atoms with Crippen LogP contribution in [0.25, 0.3) is 21.7 Å². The maximum absolute atomic E-state index is 5.91. The molecule has 0 spiro atoms. The molecule has 3 rings (SSSR count). The van der Waals surface area contributed by atoms with E-state index in [4.69, 9.17) is 17.3 Å². The van der Waals surface area contributed by atoms with Gasteiger partial charge in [-0.25, -0.2) is 4.98 Å². The molecule has 0 aliphatic heterocycles. The number of nitrogen functional groups attached to an aromatic ring is 1. The number of nitrogens with zero attached hydrogens (tertiary/aromatic N) is 2. The largest absolute Gasteiger partial charge is 0.375 e. The zero-order chi connectivity index (χ0) is 13.2. The van der Waals surface area contributed by atoms with Crippen molar-refractivity contribution in [3.63, 3.8) is 0 Å². The van der Waals surface area contributed by atoms with E-state index in [1.807, 2.05) is 36.4 Å². The van der Waals surface area contributed by atoms with Crippen LogP contribution in [-0.2, 0) is 0 Å². The van der Waals surface area contributed by atoms with Gasteiger partial charge < -0.3 is 5.73 Å². The summed E-state index contributed by atoms with van der Waals surface area (Å²) in [5.74, 6) is 0. The number of nitrogens with two attached hydrogens (primary N) is 1. The molecule has 2 N–H and O–H groups in total. The molecule has 0 atom stereocenters. The Morgan fingerprint density at radius 1 is 1.05 bits per heavy atom. The molecule has 19 heavy (non-hydrogen) atoms. The summed E-state index contributed by atoms with van der Waals surface area (Å²) >= 11 is 7.38. The fourth-order valence-corrected chi connectivity index (χ4v) is 2.82. The summed E-state index contributed by atoms with van der Waals surface area (Å²) < 4.78 is 0. The summed E-state index contributed by atoms with van der Waals surface area (Å²) in [6.07, 6.45) is 3.52. The Bertz CT molecular complexity index is 692. The minimum atomic E-state index is 0.545. The Labute approximate surface area is 119 Å². The third-order valence-corrected chi connectivity index (χ3v) is 3.87. The molecule has 5 heteroatoms. The quantitative estimate of drug-likeness (QED) is 0.772. The van der Waals surface area contributed by atoms with Crippen LogP contribution < -0.4 is 5.73 Å². The third-order valence-electron chi connectivity index (χ3n) is 2.69. The van der Waals surface area contributed by atoms with Gasteiger partial charge in [-0.15, -0.1) is 0 Å². The van der Waals surface area contributed by atoms with E-state index in [-0.39, 0.29) is 0 Å². The Hall–Kier alpha value is -1.91. The molecule has 0 unspecified atom stereocenters. The Morgan fingerprint density at radius 2 is 1.84 bits per heavy atom. The van der Waals surface area contributed by atoms with Crippen LogP contribution >= 0.6 is 22.9 Å². The predicted octanol–water partition coefficient (Wildman–Crippen LogP) is 4.11. The van der Waals surface area contributed by atoms with Crippen LogP contribution in [0.1, 0.15) is 0 Å². The molecule has 3 nitrogen and oxygen atoms in total. The van der Waals surface area contributed by atoms with Crippen LogP contribution in [-0.4, -0.2) is 9.97 Å². The number of hydrogen-bond donors (Lipinski definition) is 1. The Morgan fingerprint density at radius 3 is 2.53 bits per heavy atom. The lowest BCUT2D eigenvalue weighted by Gasteiger charge is -2.02. The summed E-state index contributed by atoms with van der Waals surface area (Å²) in [6.45, 7) is 0. The molecule has 3 aromatic rings. The second kappa shape index (κ2) is 4.99. The van der Waals surface area contributed by atoms with E-state index in [0.29, 0.717) is 10.2 Å². The zero-order valence-electron chi connectivity index (χ0n) is 9.88. The maximum Gasteiger partial charge on any atom is 0.181 e. The minimum Gasteiger partial charge on any atom is -0.375 e. The second-order valence-corrected chi connectivity index (χ2v) is 5.45. The molecular formula is C14H10ClN3S. The zero-order valence-corrected chi connectivity index (χ0v) is 11.4. The van der Waals surface area contributed by atoms with E-state index in [1.54, 1.807) is 12.4 Å². The van der Waals surface area contributed by atoms with Crippen molar-refractivity contribution in [2.45, 2.75) is 0 Å². The molecule has 2 heterocycles. The first-order chi connectivity index (χ1) is 9.24. The van der Waals surface area contributed by atoms with Crippen LogP contribution in [0.3, 0.4) is 0 Å². The topological polar surface area (TPSA) is 51.8 Å². The van der Waals surface area contributed by atoms with Crippen molar-refractivity contribution in [3.05, 3.63) is 53.8 Å². The highest BCUT2D eigenvalue weighted by molar-refractivity contribution is 7.19. The van der Waals surface area contributed by atoms with Gasteiger partial charge in [0.1, 0.15) is 0 Å². The molecule has 0 bridgehead atoms. The lowest BCUT2D eigenvalue weighted by atomic mass is 10.1. The first-order valence-electron chi connectivity index (χ1n) is 5.66. The third kappa shape index (κ3) is 2.45. The van der Waals surface area contributed by atoms with Crippen molar-refractivity contribution in [1.29, 1.82) is 0 Å². The van der Waals surface area contributed by atoms with E-state index in [0.717, 1.165) is 21.7 Å². The van der Waals surface area contributed by atoms with Gasteiger partial charge in [0.15, 0.2) is 5.13 Å². The number of rotatable bonds is 2. The highest BCUT2D eigenvalue weighted by atomic mass is 35.5. The van der Waals surface area contributed by atoms with Crippen LogP contribution in [0.4, 0.5) is 5.13 Å². The van der Waals surface area contributed by atoms with Gasteiger partial charge in [0.25, 0.3) is 0 Å². The number of pyridine rings is 1. The Kier molecular flexibility index (Phi) is 3.19. The number of anilines is 1. The normalized spacial score (nSPS) is 10.6. The second-order valence-electron chi connectivity index (χ2n) is 3.98. The molecule has 94 valence electrons. The number of benzene rings is 1. The van der Waals surface area contributed by atoms with Gasteiger partial charge in [-0.3, -0.25) is 4.98 Å². The van der Waals surface area contributed by atoms with Crippen molar-refractivity contribution in [2.75, 3.05) is 5.73 Å². The molecule has 0 radical (unpaired) electrons. The fraction of sp³-hybridized carbons (Fsp3) is 0. The van der Waals surface area contributed by atoms with Crippen LogP contribution in [0.2, 0.25) is 5.02 Å². The Balaban J connectivity index is 2.15.